The van der Waals surface area contributed by atoms with Crippen LogP contribution in [0.5, 0.6) is 11.5 Å². The molecule has 4 heteroatoms. The van der Waals surface area contributed by atoms with Crippen molar-refractivity contribution in [1.82, 2.24) is 5.32 Å². The second-order valence-corrected chi connectivity index (χ2v) is 8.56. The molecule has 1 rings (SSSR count). The molecule has 0 bridgehead atoms. The van der Waals surface area contributed by atoms with Crippen LogP contribution in [0.3, 0.4) is 0 Å². The highest BCUT2D eigenvalue weighted by atomic mass is 16.5. The molecule has 0 radical (unpaired) electrons. The zero-order chi connectivity index (χ0) is 22.4. The van der Waals surface area contributed by atoms with Crippen LogP contribution in [0, 0.1) is 0 Å². The van der Waals surface area contributed by atoms with E-state index in [4.69, 9.17) is 14.2 Å². The van der Waals surface area contributed by atoms with Crippen LogP contribution in [0.2, 0.25) is 0 Å². The van der Waals surface area contributed by atoms with Crippen molar-refractivity contribution in [3.63, 3.8) is 0 Å². The molecule has 0 fully saturated rings. The number of ether oxygens (including phenoxy) is 3. The molecule has 1 aromatic rings. The van der Waals surface area contributed by atoms with E-state index in [0.717, 1.165) is 30.2 Å². The Morgan fingerprint density at radius 1 is 0.710 bits per heavy atom. The highest BCUT2D eigenvalue weighted by molar-refractivity contribution is 5.46. The summed E-state index contributed by atoms with van der Waals surface area (Å²) in [5.74, 6) is 1.61. The van der Waals surface area contributed by atoms with Gasteiger partial charge in [-0.2, -0.15) is 0 Å². The molecule has 0 aliphatic carbocycles. The molecule has 0 unspecified atom stereocenters. The maximum atomic E-state index is 5.89. The predicted molar refractivity (Wildman–Crippen MR) is 132 cm³/mol. The Balaban J connectivity index is 2.01. The first-order valence-corrected chi connectivity index (χ1v) is 12.8. The van der Waals surface area contributed by atoms with E-state index in [2.05, 4.69) is 18.3 Å². The Hall–Kier alpha value is -1.26. The quantitative estimate of drug-likeness (QED) is 0.194. The molecule has 0 atom stereocenters. The lowest BCUT2D eigenvalue weighted by atomic mass is 10.0. The van der Waals surface area contributed by atoms with E-state index < -0.39 is 0 Å². The molecule has 1 aromatic carbocycles. The van der Waals surface area contributed by atoms with Crippen LogP contribution in [-0.2, 0) is 11.3 Å². The van der Waals surface area contributed by atoms with Gasteiger partial charge >= 0.3 is 0 Å². The Labute approximate surface area is 192 Å². The third-order valence-corrected chi connectivity index (χ3v) is 5.84. The largest absolute Gasteiger partial charge is 0.493 e. The second kappa shape index (κ2) is 20.6. The standard InChI is InChI=1S/C27H49NO3/c1-4-5-6-7-8-9-10-11-12-13-14-15-16-17-21-28-24-25-19-18-20-26(30-3)27(25)31-23-22-29-2/h18-20,28H,4-17,21-24H2,1-3H3. The summed E-state index contributed by atoms with van der Waals surface area (Å²) in [4.78, 5) is 0. The molecule has 31 heavy (non-hydrogen) atoms. The smallest absolute Gasteiger partial charge is 0.165 e. The van der Waals surface area contributed by atoms with Crippen molar-refractivity contribution in [3.8, 4) is 11.5 Å². The van der Waals surface area contributed by atoms with Crippen LogP contribution in [0.25, 0.3) is 0 Å². The number of benzene rings is 1. The fraction of sp³-hybridized carbons (Fsp3) is 0.778. The number of para-hydroxylation sites is 1. The highest BCUT2D eigenvalue weighted by Gasteiger charge is 2.10. The summed E-state index contributed by atoms with van der Waals surface area (Å²) in [6.07, 6.45) is 19.6. The average molecular weight is 436 g/mol. The lowest BCUT2D eigenvalue weighted by molar-refractivity contribution is 0.143. The van der Waals surface area contributed by atoms with Gasteiger partial charge in [-0.05, 0) is 19.0 Å². The number of hydrogen-bond acceptors (Lipinski definition) is 4. The highest BCUT2D eigenvalue weighted by Crippen LogP contribution is 2.31. The van der Waals surface area contributed by atoms with Crippen LogP contribution >= 0.6 is 0 Å². The van der Waals surface area contributed by atoms with E-state index in [0.29, 0.717) is 13.2 Å². The predicted octanol–water partition coefficient (Wildman–Crippen LogP) is 7.29. The van der Waals surface area contributed by atoms with Crippen LogP contribution in [0.1, 0.15) is 102 Å². The topological polar surface area (TPSA) is 39.7 Å². The van der Waals surface area contributed by atoms with E-state index in [9.17, 15) is 0 Å². The molecule has 0 aromatic heterocycles. The van der Waals surface area contributed by atoms with Crippen molar-refractivity contribution in [2.24, 2.45) is 0 Å². The molecule has 180 valence electrons. The van der Waals surface area contributed by atoms with Gasteiger partial charge in [-0.25, -0.2) is 0 Å². The maximum absolute atomic E-state index is 5.89. The third-order valence-electron chi connectivity index (χ3n) is 5.84. The van der Waals surface area contributed by atoms with E-state index in [1.807, 2.05) is 12.1 Å². The summed E-state index contributed by atoms with van der Waals surface area (Å²) in [5, 5.41) is 3.56. The third kappa shape index (κ3) is 14.4. The van der Waals surface area contributed by atoms with Gasteiger partial charge in [0.2, 0.25) is 0 Å². The van der Waals surface area contributed by atoms with E-state index >= 15 is 0 Å². The number of methoxy groups -OCH3 is 2. The Kier molecular flexibility index (Phi) is 18.5. The fourth-order valence-electron chi connectivity index (χ4n) is 3.92. The van der Waals surface area contributed by atoms with Crippen molar-refractivity contribution in [1.29, 1.82) is 0 Å². The van der Waals surface area contributed by atoms with Crippen molar-refractivity contribution in [2.45, 2.75) is 103 Å². The van der Waals surface area contributed by atoms with Crippen LogP contribution in [0.4, 0.5) is 0 Å². The van der Waals surface area contributed by atoms with Gasteiger partial charge in [-0.1, -0.05) is 103 Å². The molecule has 0 aliphatic rings. The first-order valence-electron chi connectivity index (χ1n) is 12.8. The minimum absolute atomic E-state index is 0.531. The molecule has 4 nitrogen and oxygen atoms in total. The molecule has 0 amide bonds. The first kappa shape index (κ1) is 27.8. The lowest BCUT2D eigenvalue weighted by Crippen LogP contribution is -2.16. The van der Waals surface area contributed by atoms with Gasteiger partial charge in [-0.15, -0.1) is 0 Å². The van der Waals surface area contributed by atoms with Gasteiger partial charge in [0.1, 0.15) is 6.61 Å². The summed E-state index contributed by atoms with van der Waals surface area (Å²) < 4.78 is 16.4. The van der Waals surface area contributed by atoms with Crippen LogP contribution in [-0.4, -0.2) is 34.0 Å². The van der Waals surface area contributed by atoms with Gasteiger partial charge in [0.25, 0.3) is 0 Å². The van der Waals surface area contributed by atoms with Gasteiger partial charge < -0.3 is 19.5 Å². The number of nitrogens with one attached hydrogen (secondary N) is 1. The Morgan fingerprint density at radius 2 is 1.29 bits per heavy atom. The molecule has 1 N–H and O–H groups in total. The number of hydrogen-bond donors (Lipinski definition) is 1. The zero-order valence-corrected chi connectivity index (χ0v) is 20.7. The van der Waals surface area contributed by atoms with Crippen molar-refractivity contribution < 1.29 is 14.2 Å². The van der Waals surface area contributed by atoms with Gasteiger partial charge in [0, 0.05) is 19.2 Å². The normalized spacial score (nSPS) is 11.1. The van der Waals surface area contributed by atoms with Crippen LogP contribution in [0.15, 0.2) is 18.2 Å². The van der Waals surface area contributed by atoms with E-state index in [1.165, 1.54) is 89.9 Å². The molecule has 0 heterocycles. The molecule has 0 spiro atoms. The summed E-state index contributed by atoms with van der Waals surface area (Å²) in [7, 11) is 3.37. The zero-order valence-electron chi connectivity index (χ0n) is 20.7. The minimum atomic E-state index is 0.531. The summed E-state index contributed by atoms with van der Waals surface area (Å²) in [6, 6.07) is 6.06. The summed E-state index contributed by atoms with van der Waals surface area (Å²) >= 11 is 0. The Morgan fingerprint density at radius 3 is 1.84 bits per heavy atom. The van der Waals surface area contributed by atoms with E-state index in [-0.39, 0.29) is 0 Å². The molecular weight excluding hydrogens is 386 g/mol. The fourth-order valence-corrected chi connectivity index (χ4v) is 3.92. The van der Waals surface area contributed by atoms with Gasteiger partial charge in [-0.3, -0.25) is 0 Å². The number of unbranched alkanes of at least 4 members (excludes halogenated alkanes) is 13. The van der Waals surface area contributed by atoms with E-state index in [1.54, 1.807) is 14.2 Å². The molecule has 0 saturated carbocycles. The molecular formula is C27H49NO3. The Bertz CT molecular complexity index is 521. The minimum Gasteiger partial charge on any atom is -0.493 e. The first-order chi connectivity index (χ1) is 15.3. The van der Waals surface area contributed by atoms with Gasteiger partial charge in [0.05, 0.1) is 13.7 Å². The van der Waals surface area contributed by atoms with Crippen molar-refractivity contribution >= 4 is 0 Å². The summed E-state index contributed by atoms with van der Waals surface area (Å²) in [6.45, 7) is 5.24. The molecule has 0 aliphatic heterocycles. The van der Waals surface area contributed by atoms with Crippen molar-refractivity contribution in [3.05, 3.63) is 23.8 Å². The SMILES string of the molecule is CCCCCCCCCCCCCCCCNCc1cccc(OC)c1OCCOC. The van der Waals surface area contributed by atoms with Crippen molar-refractivity contribution in [2.75, 3.05) is 34.0 Å². The van der Waals surface area contributed by atoms with Gasteiger partial charge in [0.15, 0.2) is 11.5 Å². The maximum Gasteiger partial charge on any atom is 0.165 e. The monoisotopic (exact) mass is 435 g/mol. The van der Waals surface area contributed by atoms with Crippen LogP contribution < -0.4 is 14.8 Å². The number of rotatable bonds is 22. The summed E-state index contributed by atoms with van der Waals surface area (Å²) in [5.41, 5.74) is 1.14. The molecule has 0 saturated heterocycles. The second-order valence-electron chi connectivity index (χ2n) is 8.56. The average Bonchev–Trinajstić information content (AvgIpc) is 2.79. The lowest BCUT2D eigenvalue weighted by Gasteiger charge is -2.15.